The number of nitrogens with zero attached hydrogens (tertiary/aromatic N) is 1. The SMILES string of the molecule is CCOc1ccccc1OCC(=O)N1c2ccc(S(N)(=O)=O)cc2NC(=O)C1c1ccccc1. The molecule has 1 aliphatic rings. The third-order valence-electron chi connectivity index (χ3n) is 5.20. The number of amides is 2. The molecule has 0 bridgehead atoms. The van der Waals surface area contributed by atoms with Crippen LogP contribution in [0.1, 0.15) is 18.5 Å². The number of carbonyl (C=O) groups excluding carboxylic acids is 2. The zero-order chi connectivity index (χ0) is 24.3. The highest BCUT2D eigenvalue weighted by Gasteiger charge is 2.38. The number of nitrogens with one attached hydrogen (secondary N) is 1. The molecular formula is C24H23N3O6S. The molecule has 9 nitrogen and oxygen atoms in total. The van der Waals surface area contributed by atoms with Crippen LogP contribution < -0.4 is 24.8 Å². The Hall–Kier alpha value is -3.89. The van der Waals surface area contributed by atoms with Crippen molar-refractivity contribution in [2.75, 3.05) is 23.4 Å². The van der Waals surface area contributed by atoms with Crippen LogP contribution in [0.5, 0.6) is 11.5 Å². The molecule has 0 saturated heterocycles. The zero-order valence-corrected chi connectivity index (χ0v) is 19.1. The molecule has 1 unspecified atom stereocenters. The van der Waals surface area contributed by atoms with E-state index in [9.17, 15) is 18.0 Å². The van der Waals surface area contributed by atoms with Crippen LogP contribution >= 0.6 is 0 Å². The van der Waals surface area contributed by atoms with Crippen LogP contribution in [0.15, 0.2) is 77.7 Å². The molecule has 0 aromatic heterocycles. The number of primary sulfonamides is 1. The fourth-order valence-electron chi connectivity index (χ4n) is 3.73. The summed E-state index contributed by atoms with van der Waals surface area (Å²) in [6, 6.07) is 18.7. The lowest BCUT2D eigenvalue weighted by Crippen LogP contribution is -2.47. The van der Waals surface area contributed by atoms with Crippen molar-refractivity contribution in [3.05, 3.63) is 78.4 Å². The fourth-order valence-corrected chi connectivity index (χ4v) is 4.27. The molecule has 10 heteroatoms. The fraction of sp³-hybridized carbons (Fsp3) is 0.167. The number of sulfonamides is 1. The van der Waals surface area contributed by atoms with Crippen LogP contribution in [-0.2, 0) is 19.6 Å². The molecule has 34 heavy (non-hydrogen) atoms. The van der Waals surface area contributed by atoms with Gasteiger partial charge in [0.05, 0.1) is 22.9 Å². The van der Waals surface area contributed by atoms with Crippen molar-refractivity contribution in [1.29, 1.82) is 0 Å². The van der Waals surface area contributed by atoms with E-state index in [0.717, 1.165) is 0 Å². The van der Waals surface area contributed by atoms with Gasteiger partial charge in [0.1, 0.15) is 6.04 Å². The first-order valence-corrected chi connectivity index (χ1v) is 12.0. The van der Waals surface area contributed by atoms with E-state index >= 15 is 0 Å². The largest absolute Gasteiger partial charge is 0.490 e. The van der Waals surface area contributed by atoms with Gasteiger partial charge in [0.25, 0.3) is 11.8 Å². The average molecular weight is 482 g/mol. The summed E-state index contributed by atoms with van der Waals surface area (Å²) >= 11 is 0. The third kappa shape index (κ3) is 4.73. The maximum Gasteiger partial charge on any atom is 0.266 e. The lowest BCUT2D eigenvalue weighted by atomic mass is 10.00. The van der Waals surface area contributed by atoms with Gasteiger partial charge in [-0.25, -0.2) is 13.6 Å². The van der Waals surface area contributed by atoms with Gasteiger partial charge in [-0.05, 0) is 42.8 Å². The first-order chi connectivity index (χ1) is 16.3. The van der Waals surface area contributed by atoms with Gasteiger partial charge in [0, 0.05) is 0 Å². The molecule has 1 atom stereocenters. The molecule has 0 fully saturated rings. The number of hydrogen-bond donors (Lipinski definition) is 2. The summed E-state index contributed by atoms with van der Waals surface area (Å²) in [6.07, 6.45) is 0. The van der Waals surface area contributed by atoms with E-state index in [2.05, 4.69) is 5.32 Å². The highest BCUT2D eigenvalue weighted by Crippen LogP contribution is 2.39. The maximum absolute atomic E-state index is 13.5. The molecule has 0 saturated carbocycles. The Morgan fingerprint density at radius 2 is 1.65 bits per heavy atom. The summed E-state index contributed by atoms with van der Waals surface area (Å²) < 4.78 is 34.9. The summed E-state index contributed by atoms with van der Waals surface area (Å²) in [4.78, 5) is 27.7. The van der Waals surface area contributed by atoms with E-state index < -0.39 is 27.9 Å². The molecular weight excluding hydrogens is 458 g/mol. The van der Waals surface area contributed by atoms with E-state index in [4.69, 9.17) is 14.6 Å². The number of hydrogen-bond acceptors (Lipinski definition) is 6. The molecule has 3 aromatic rings. The number of benzene rings is 3. The number of anilines is 2. The Balaban J connectivity index is 1.72. The zero-order valence-electron chi connectivity index (χ0n) is 18.3. The minimum Gasteiger partial charge on any atom is -0.490 e. The first kappa shape index (κ1) is 23.3. The van der Waals surface area contributed by atoms with Gasteiger partial charge in [-0.3, -0.25) is 14.5 Å². The summed E-state index contributed by atoms with van der Waals surface area (Å²) in [5.74, 6) is -0.111. The molecule has 2 amide bonds. The molecule has 3 N–H and O–H groups in total. The quantitative estimate of drug-likeness (QED) is 0.534. The second kappa shape index (κ2) is 9.54. The first-order valence-electron chi connectivity index (χ1n) is 10.5. The summed E-state index contributed by atoms with van der Waals surface area (Å²) in [7, 11) is -4.01. The van der Waals surface area contributed by atoms with Crippen molar-refractivity contribution >= 4 is 33.2 Å². The lowest BCUT2D eigenvalue weighted by Gasteiger charge is -2.36. The minimum absolute atomic E-state index is 0.159. The van der Waals surface area contributed by atoms with E-state index in [-0.39, 0.29) is 17.2 Å². The van der Waals surface area contributed by atoms with E-state index in [1.54, 1.807) is 54.6 Å². The Bertz CT molecular complexity index is 1330. The van der Waals surface area contributed by atoms with E-state index in [1.165, 1.54) is 23.1 Å². The number of rotatable bonds is 7. The molecule has 0 spiro atoms. The van der Waals surface area contributed by atoms with E-state index in [0.29, 0.717) is 29.4 Å². The predicted octanol–water partition coefficient (Wildman–Crippen LogP) is 2.84. The van der Waals surface area contributed by atoms with Crippen LogP contribution in [0.3, 0.4) is 0 Å². The van der Waals surface area contributed by atoms with Crippen LogP contribution in [0.2, 0.25) is 0 Å². The van der Waals surface area contributed by atoms with Gasteiger partial charge < -0.3 is 14.8 Å². The molecule has 0 aliphatic carbocycles. The van der Waals surface area contributed by atoms with Crippen molar-refractivity contribution in [1.82, 2.24) is 0 Å². The van der Waals surface area contributed by atoms with Gasteiger partial charge in [0.15, 0.2) is 18.1 Å². The van der Waals surface area contributed by atoms with Gasteiger partial charge >= 0.3 is 0 Å². The maximum atomic E-state index is 13.5. The van der Waals surface area contributed by atoms with Crippen molar-refractivity contribution in [2.24, 2.45) is 5.14 Å². The number of nitrogens with two attached hydrogens (primary N) is 1. The van der Waals surface area contributed by atoms with Gasteiger partial charge in [-0.15, -0.1) is 0 Å². The van der Waals surface area contributed by atoms with Crippen LogP contribution in [0.25, 0.3) is 0 Å². The van der Waals surface area contributed by atoms with E-state index in [1.807, 2.05) is 6.92 Å². The number of carbonyl (C=O) groups is 2. The van der Waals surface area contributed by atoms with Crippen molar-refractivity contribution in [3.8, 4) is 11.5 Å². The number of fused-ring (bicyclic) bond motifs is 1. The molecule has 3 aromatic carbocycles. The lowest BCUT2D eigenvalue weighted by molar-refractivity contribution is -0.125. The Kier molecular flexibility index (Phi) is 6.53. The summed E-state index contributed by atoms with van der Waals surface area (Å²) in [5, 5.41) is 7.93. The Morgan fingerprint density at radius 3 is 2.29 bits per heavy atom. The standard InChI is InChI=1S/C24H23N3O6S/c1-2-32-20-10-6-7-11-21(20)33-15-22(28)27-19-13-12-17(34(25,30)31)14-18(19)26-24(29)23(27)16-8-4-3-5-9-16/h3-14,23H,2,15H2,1H3,(H,26,29)(H2,25,30,31). The summed E-state index contributed by atoms with van der Waals surface area (Å²) in [5.41, 5.74) is 1.07. The third-order valence-corrected chi connectivity index (χ3v) is 6.12. The predicted molar refractivity (Wildman–Crippen MR) is 126 cm³/mol. The smallest absolute Gasteiger partial charge is 0.266 e. The number of para-hydroxylation sites is 2. The second-order valence-corrected chi connectivity index (χ2v) is 9.02. The van der Waals surface area contributed by atoms with Crippen LogP contribution in [0, 0.1) is 0 Å². The van der Waals surface area contributed by atoms with Gasteiger partial charge in [0.2, 0.25) is 10.0 Å². The monoisotopic (exact) mass is 481 g/mol. The van der Waals surface area contributed by atoms with Gasteiger partial charge in [-0.2, -0.15) is 0 Å². The minimum atomic E-state index is -4.01. The molecule has 4 rings (SSSR count). The average Bonchev–Trinajstić information content (AvgIpc) is 2.82. The normalized spacial score (nSPS) is 15.3. The Morgan fingerprint density at radius 1 is 1.00 bits per heavy atom. The summed E-state index contributed by atoms with van der Waals surface area (Å²) in [6.45, 7) is 1.89. The van der Waals surface area contributed by atoms with Crippen molar-refractivity contribution in [3.63, 3.8) is 0 Å². The highest BCUT2D eigenvalue weighted by atomic mass is 32.2. The molecule has 0 radical (unpaired) electrons. The van der Waals surface area contributed by atoms with Crippen molar-refractivity contribution < 1.29 is 27.5 Å². The van der Waals surface area contributed by atoms with Crippen LogP contribution in [-0.4, -0.2) is 33.4 Å². The Labute approximate surface area is 197 Å². The van der Waals surface area contributed by atoms with Crippen LogP contribution in [0.4, 0.5) is 11.4 Å². The second-order valence-electron chi connectivity index (χ2n) is 7.46. The van der Waals surface area contributed by atoms with Crippen molar-refractivity contribution in [2.45, 2.75) is 17.9 Å². The molecule has 176 valence electrons. The highest BCUT2D eigenvalue weighted by molar-refractivity contribution is 7.89. The van der Waals surface area contributed by atoms with Gasteiger partial charge in [-0.1, -0.05) is 42.5 Å². The molecule has 1 aliphatic heterocycles. The molecule has 1 heterocycles. The number of ether oxygens (including phenoxy) is 2. The topological polar surface area (TPSA) is 128 Å².